The van der Waals surface area contributed by atoms with Gasteiger partial charge in [0, 0.05) is 36.9 Å². The molecule has 1 aliphatic heterocycles. The Morgan fingerprint density at radius 1 is 1.05 bits per heavy atom. The van der Waals surface area contributed by atoms with Crippen molar-refractivity contribution in [3.8, 4) is 0 Å². The number of hydrogen-bond acceptors (Lipinski definition) is 6. The van der Waals surface area contributed by atoms with Crippen molar-refractivity contribution in [3.63, 3.8) is 0 Å². The van der Waals surface area contributed by atoms with Gasteiger partial charge in [-0.1, -0.05) is 0 Å². The van der Waals surface area contributed by atoms with E-state index in [1.807, 2.05) is 12.1 Å². The molecule has 1 aromatic heterocycles. The first kappa shape index (κ1) is 12.7. The van der Waals surface area contributed by atoms with Crippen LogP contribution in [-0.2, 0) is 4.74 Å². The van der Waals surface area contributed by atoms with Crippen LogP contribution in [0.3, 0.4) is 0 Å². The summed E-state index contributed by atoms with van der Waals surface area (Å²) in [6, 6.07) is 8.19. The Balaban J connectivity index is 1.71. The Labute approximate surface area is 117 Å². The topological polar surface area (TPSA) is 76.3 Å². The third kappa shape index (κ3) is 2.80. The molecule has 0 amide bonds. The van der Waals surface area contributed by atoms with E-state index >= 15 is 0 Å². The van der Waals surface area contributed by atoms with Gasteiger partial charge >= 0.3 is 0 Å². The summed E-state index contributed by atoms with van der Waals surface area (Å²) < 4.78 is 5.35. The van der Waals surface area contributed by atoms with Crippen molar-refractivity contribution in [2.24, 2.45) is 0 Å². The fraction of sp³-hybridized carbons (Fsp3) is 0.286. The quantitative estimate of drug-likeness (QED) is 0.883. The zero-order valence-corrected chi connectivity index (χ0v) is 11.1. The smallest absolute Gasteiger partial charge is 0.173 e. The number of nitrogens with one attached hydrogen (secondary N) is 1. The predicted molar refractivity (Wildman–Crippen MR) is 79.2 cm³/mol. The van der Waals surface area contributed by atoms with Crippen LogP contribution in [0.15, 0.2) is 36.7 Å². The molecule has 2 heterocycles. The van der Waals surface area contributed by atoms with Gasteiger partial charge in [0.05, 0.1) is 13.2 Å². The van der Waals surface area contributed by atoms with E-state index in [-0.39, 0.29) is 0 Å². The van der Waals surface area contributed by atoms with Crippen molar-refractivity contribution in [2.45, 2.75) is 0 Å². The first-order valence-electron chi connectivity index (χ1n) is 6.59. The van der Waals surface area contributed by atoms with Gasteiger partial charge in [-0.05, 0) is 24.3 Å². The van der Waals surface area contributed by atoms with Crippen molar-refractivity contribution < 1.29 is 4.74 Å². The zero-order valence-electron chi connectivity index (χ0n) is 11.1. The van der Waals surface area contributed by atoms with Crippen LogP contribution in [-0.4, -0.2) is 36.3 Å². The second-order valence-corrected chi connectivity index (χ2v) is 4.56. The lowest BCUT2D eigenvalue weighted by atomic mass is 10.2. The molecule has 0 bridgehead atoms. The Bertz CT molecular complexity index is 566. The van der Waals surface area contributed by atoms with E-state index in [0.717, 1.165) is 32.0 Å². The van der Waals surface area contributed by atoms with Gasteiger partial charge in [-0.2, -0.15) is 0 Å². The molecule has 0 saturated carbocycles. The Hall–Kier alpha value is -2.34. The molecule has 1 aromatic carbocycles. The monoisotopic (exact) mass is 271 g/mol. The van der Waals surface area contributed by atoms with Gasteiger partial charge < -0.3 is 20.7 Å². The summed E-state index contributed by atoms with van der Waals surface area (Å²) in [4.78, 5) is 10.5. The van der Waals surface area contributed by atoms with Crippen LogP contribution >= 0.6 is 0 Å². The summed E-state index contributed by atoms with van der Waals surface area (Å²) in [5.74, 6) is 0.969. The van der Waals surface area contributed by atoms with Crippen LogP contribution in [0.2, 0.25) is 0 Å². The van der Waals surface area contributed by atoms with Crippen molar-refractivity contribution in [1.82, 2.24) is 9.97 Å². The van der Waals surface area contributed by atoms with Crippen LogP contribution in [0, 0.1) is 0 Å². The van der Waals surface area contributed by atoms with E-state index in [1.54, 1.807) is 12.4 Å². The van der Waals surface area contributed by atoms with Gasteiger partial charge in [-0.3, -0.25) is 0 Å². The van der Waals surface area contributed by atoms with E-state index in [4.69, 9.17) is 10.5 Å². The SMILES string of the molecule is Nc1nccnc1Nc1ccc(N2CCOCC2)cc1. The fourth-order valence-electron chi connectivity index (χ4n) is 2.16. The number of aromatic nitrogens is 2. The largest absolute Gasteiger partial charge is 0.381 e. The van der Waals surface area contributed by atoms with Crippen LogP contribution in [0.25, 0.3) is 0 Å². The van der Waals surface area contributed by atoms with E-state index < -0.39 is 0 Å². The number of benzene rings is 1. The number of morpholine rings is 1. The van der Waals surface area contributed by atoms with E-state index in [9.17, 15) is 0 Å². The standard InChI is InChI=1S/C14H17N5O/c15-13-14(17-6-5-16-13)18-11-1-3-12(4-2-11)19-7-9-20-10-8-19/h1-6H,7-10H2,(H2,15,16)(H,17,18). The molecule has 0 atom stereocenters. The maximum atomic E-state index is 5.76. The summed E-state index contributed by atoms with van der Waals surface area (Å²) >= 11 is 0. The number of rotatable bonds is 3. The minimum Gasteiger partial charge on any atom is -0.381 e. The molecule has 6 heteroatoms. The first-order chi connectivity index (χ1) is 9.83. The molecule has 0 unspecified atom stereocenters. The number of nitrogens with zero attached hydrogens (tertiary/aromatic N) is 3. The molecule has 1 saturated heterocycles. The minimum absolute atomic E-state index is 0.393. The molecule has 1 fully saturated rings. The summed E-state index contributed by atoms with van der Waals surface area (Å²) in [6.07, 6.45) is 3.18. The third-order valence-electron chi connectivity index (χ3n) is 3.23. The maximum Gasteiger partial charge on any atom is 0.173 e. The Morgan fingerprint density at radius 3 is 2.45 bits per heavy atom. The second-order valence-electron chi connectivity index (χ2n) is 4.56. The Kier molecular flexibility index (Phi) is 3.64. The number of hydrogen-bond donors (Lipinski definition) is 2. The molecule has 6 nitrogen and oxygen atoms in total. The average molecular weight is 271 g/mol. The minimum atomic E-state index is 0.393. The Morgan fingerprint density at radius 2 is 1.75 bits per heavy atom. The van der Waals surface area contributed by atoms with Crippen LogP contribution in [0.4, 0.5) is 23.0 Å². The van der Waals surface area contributed by atoms with Crippen LogP contribution in [0.5, 0.6) is 0 Å². The van der Waals surface area contributed by atoms with Gasteiger partial charge in [0.15, 0.2) is 11.6 Å². The van der Waals surface area contributed by atoms with Crippen molar-refractivity contribution >= 4 is 23.0 Å². The van der Waals surface area contributed by atoms with Crippen LogP contribution < -0.4 is 16.0 Å². The van der Waals surface area contributed by atoms with Crippen molar-refractivity contribution in [3.05, 3.63) is 36.7 Å². The van der Waals surface area contributed by atoms with Gasteiger partial charge in [-0.15, -0.1) is 0 Å². The summed E-state index contributed by atoms with van der Waals surface area (Å²) in [5.41, 5.74) is 7.90. The number of nitrogens with two attached hydrogens (primary N) is 1. The predicted octanol–water partition coefficient (Wildman–Crippen LogP) is 1.64. The molecule has 3 rings (SSSR count). The highest BCUT2D eigenvalue weighted by atomic mass is 16.5. The molecular weight excluding hydrogens is 254 g/mol. The molecular formula is C14H17N5O. The molecule has 20 heavy (non-hydrogen) atoms. The molecule has 1 aliphatic rings. The lowest BCUT2D eigenvalue weighted by Crippen LogP contribution is -2.36. The summed E-state index contributed by atoms with van der Waals surface area (Å²) in [6.45, 7) is 3.44. The molecule has 104 valence electrons. The van der Waals surface area contributed by atoms with Crippen LogP contribution in [0.1, 0.15) is 0 Å². The van der Waals surface area contributed by atoms with Crippen molar-refractivity contribution in [2.75, 3.05) is 42.3 Å². The van der Waals surface area contributed by atoms with Gasteiger partial charge in [0.1, 0.15) is 0 Å². The lowest BCUT2D eigenvalue weighted by molar-refractivity contribution is 0.122. The number of anilines is 4. The van der Waals surface area contributed by atoms with Crippen molar-refractivity contribution in [1.29, 1.82) is 0 Å². The van der Waals surface area contributed by atoms with Gasteiger partial charge in [0.25, 0.3) is 0 Å². The highest BCUT2D eigenvalue weighted by Gasteiger charge is 2.10. The molecule has 2 aromatic rings. The lowest BCUT2D eigenvalue weighted by Gasteiger charge is -2.28. The molecule has 0 aliphatic carbocycles. The molecule has 0 radical (unpaired) electrons. The van der Waals surface area contributed by atoms with E-state index in [0.29, 0.717) is 11.6 Å². The summed E-state index contributed by atoms with van der Waals surface area (Å²) in [5, 5.41) is 3.16. The maximum absolute atomic E-state index is 5.76. The highest BCUT2D eigenvalue weighted by molar-refractivity contribution is 5.66. The van der Waals surface area contributed by atoms with E-state index in [2.05, 4.69) is 32.3 Å². The number of nitrogen functional groups attached to an aromatic ring is 1. The van der Waals surface area contributed by atoms with Gasteiger partial charge in [-0.25, -0.2) is 9.97 Å². The third-order valence-corrected chi connectivity index (χ3v) is 3.23. The summed E-state index contributed by atoms with van der Waals surface area (Å²) in [7, 11) is 0. The molecule has 0 spiro atoms. The average Bonchev–Trinajstić information content (AvgIpc) is 2.51. The molecule has 3 N–H and O–H groups in total. The fourth-order valence-corrected chi connectivity index (χ4v) is 2.16. The highest BCUT2D eigenvalue weighted by Crippen LogP contribution is 2.22. The number of ether oxygens (including phenoxy) is 1. The zero-order chi connectivity index (χ0) is 13.8. The second kappa shape index (κ2) is 5.75. The van der Waals surface area contributed by atoms with Gasteiger partial charge in [0.2, 0.25) is 0 Å². The first-order valence-corrected chi connectivity index (χ1v) is 6.59. The van der Waals surface area contributed by atoms with E-state index in [1.165, 1.54) is 5.69 Å². The normalized spacial score (nSPS) is 15.1.